The minimum absolute atomic E-state index is 0. The largest absolute Gasteiger partial charge is 1.00 e. The quantitative estimate of drug-likeness (QED) is 0.00495. The molecule has 0 fully saturated rings. The molecule has 0 spiro atoms. The van der Waals surface area contributed by atoms with Crippen molar-refractivity contribution >= 4 is 81.7 Å². The number of ether oxygens (including phenoxy) is 2. The molecule has 0 aliphatic heterocycles. The van der Waals surface area contributed by atoms with E-state index < -0.39 is 109 Å². The average molecular weight is 1560 g/mol. The third kappa shape index (κ3) is 38.1. The first-order chi connectivity index (χ1) is 48.7. The van der Waals surface area contributed by atoms with E-state index in [1.807, 2.05) is 87.5 Å². The van der Waals surface area contributed by atoms with Crippen molar-refractivity contribution in [1.82, 2.24) is 10.6 Å². The van der Waals surface area contributed by atoms with E-state index in [0.29, 0.717) is 47.9 Å². The topological polar surface area (TPSA) is 587 Å². The van der Waals surface area contributed by atoms with Gasteiger partial charge in [-0.3, -0.25) is 58.6 Å². The maximum Gasteiger partial charge on any atom is 1.00 e. The number of nitro groups is 3. The number of nitrogens with zero attached hydrogens (tertiary/aromatic N) is 4. The SMILES string of the molecule is CC[C@@H](c1ccc([N+](=O)[O-])cc1)[C@@H](N)C(=O)O.CC[C@@H](c1ccc([N+](=O)[O-])cc1)[C@@H](NC(=O)OC(C)(C)C)C(=O)O.CC[C@@H](c1ccccc1)[C@@H](N)C(=O)O.CC[C@@H](c1ccccc1)[C@@H](NC(=O)c1ccccc1)C(=O)OC.CC[C@@H](c1ccccc1[N+](=O)[O-])[C@@H](N)C(=O)O.Cl.O=NO[O-].O=S(=O)(O)O.[K+]. The van der Waals surface area contributed by atoms with Gasteiger partial charge >= 0.3 is 97.7 Å². The van der Waals surface area contributed by atoms with Gasteiger partial charge in [0.05, 0.1) is 21.9 Å². The van der Waals surface area contributed by atoms with Gasteiger partial charge in [-0.05, 0) is 87.3 Å². The molecule has 0 saturated carbocycles. The van der Waals surface area contributed by atoms with Crippen molar-refractivity contribution in [1.29, 1.82) is 0 Å². The van der Waals surface area contributed by atoms with Crippen LogP contribution in [0.4, 0.5) is 21.9 Å². The standard InChI is InChI=1S/C19H21NO3.C16H22N2O6.2C11H14N2O4.C11H15NO2.ClH.K.HNO3.H2O4S/c1-3-16(14-10-6-4-7-11-14)17(19(22)23-2)20-18(21)15-12-8-5-9-13-15;1-5-12(10-6-8-11(9-7-10)18(22)23)13(14(19)20)17-15(21)24-16(2,3)4;1-2-9(10(12)11(14)15)7-3-5-8(6-4-7)13(16)17;1-2-7(10(12)11(14)15)8-5-3-4-6-9(8)13(16)17;1-2-9(10(12)11(13)14)8-6-4-3-5-7-8;;;2-1-4-3;1-5(2,3)4/h4-13,16-17H,3H2,1-2H3,(H,20,21);6-9,12-13H,5H2,1-4H3,(H,17,21)(H,19,20);3-6,9-10H,2,12H2,1H3,(H,14,15);3-7,10H,2,12H2,1H3,(H,14,15);3-7,9-10H,2,12H2,1H3,(H,13,14);1H;;3H;(H2,1,2,3,4)/q;;;;;;+1;;/p-1/t16-,17+;12-,13+;9-,10+;7-,10+;9-,10+;;;;/m00000..../s1. The fourth-order valence-corrected chi connectivity index (χ4v) is 9.99. The molecule has 576 valence electrons. The number of halogens is 1. The molecule has 0 saturated heterocycles. The van der Waals surface area contributed by atoms with Gasteiger partial charge in [-0.15, -0.1) is 17.3 Å². The van der Waals surface area contributed by atoms with Crippen molar-refractivity contribution in [2.45, 2.75) is 153 Å². The summed E-state index contributed by atoms with van der Waals surface area (Å²) in [6.07, 6.45) is 2.03. The number of nitrogens with two attached hydrogens (primary N) is 3. The number of hydrogen-bond donors (Lipinski definition) is 11. The van der Waals surface area contributed by atoms with Crippen molar-refractivity contribution in [2.24, 2.45) is 22.5 Å². The predicted octanol–water partition coefficient (Wildman–Crippen LogP) is 6.54. The van der Waals surface area contributed by atoms with Crippen molar-refractivity contribution in [3.8, 4) is 0 Å². The zero-order chi connectivity index (χ0) is 79.6. The number of carboxylic acid groups (broad SMARTS) is 4. The van der Waals surface area contributed by atoms with E-state index in [9.17, 15) is 69.0 Å². The second-order valence-corrected chi connectivity index (χ2v) is 23.8. The van der Waals surface area contributed by atoms with Crippen LogP contribution in [0.25, 0.3) is 0 Å². The number of carbonyl (C=O) groups excluding carboxylic acids is 3. The van der Waals surface area contributed by atoms with Crippen molar-refractivity contribution in [3.63, 3.8) is 0 Å². The summed E-state index contributed by atoms with van der Waals surface area (Å²) in [6, 6.07) is 40.7. The molecule has 0 unspecified atom stereocenters. The fourth-order valence-electron chi connectivity index (χ4n) is 9.99. The molecule has 0 aliphatic rings. The summed E-state index contributed by atoms with van der Waals surface area (Å²) in [7, 11) is -3.33. The number of nitro benzene ring substituents is 3. The summed E-state index contributed by atoms with van der Waals surface area (Å²) in [6.45, 7) is 14.3. The van der Waals surface area contributed by atoms with Crippen LogP contribution < -0.4 is 84.5 Å². The van der Waals surface area contributed by atoms with E-state index in [0.717, 1.165) is 17.5 Å². The molecule has 6 aromatic rings. The summed E-state index contributed by atoms with van der Waals surface area (Å²) in [5.74, 6) is -6.79. The number of para-hydroxylation sites is 1. The minimum Gasteiger partial charge on any atom is -0.635 e. The van der Waals surface area contributed by atoms with E-state index in [2.05, 4.69) is 15.6 Å². The number of benzene rings is 6. The third-order valence-corrected chi connectivity index (χ3v) is 15.0. The van der Waals surface area contributed by atoms with Gasteiger partial charge < -0.3 is 68.0 Å². The molecule has 6 rings (SSSR count). The Balaban J connectivity index is -0.00000122. The van der Waals surface area contributed by atoms with Crippen molar-refractivity contribution < 1.29 is 157 Å². The Bertz CT molecular complexity index is 3790. The summed E-state index contributed by atoms with van der Waals surface area (Å²) in [5.41, 5.74) is 20.0. The van der Waals surface area contributed by atoms with E-state index >= 15 is 0 Å². The Morgan fingerprint density at radius 2 is 0.811 bits per heavy atom. The molecule has 0 bridgehead atoms. The molecular formula is C68H89ClKN9O26S. The van der Waals surface area contributed by atoms with Crippen LogP contribution in [0.5, 0.6) is 0 Å². The first kappa shape index (κ1) is 101. The summed E-state index contributed by atoms with van der Waals surface area (Å²) in [5, 5.41) is 83.0. The van der Waals surface area contributed by atoms with E-state index in [1.54, 1.807) is 89.2 Å². The number of carbonyl (C=O) groups is 7. The van der Waals surface area contributed by atoms with Crippen LogP contribution in [0.15, 0.2) is 169 Å². The molecule has 106 heavy (non-hydrogen) atoms. The van der Waals surface area contributed by atoms with Gasteiger partial charge in [0.25, 0.3) is 23.0 Å². The Morgan fingerprint density at radius 3 is 1.12 bits per heavy atom. The second kappa shape index (κ2) is 52.6. The zero-order valence-corrected chi connectivity index (χ0v) is 64.3. The second-order valence-electron chi connectivity index (χ2n) is 22.9. The van der Waals surface area contributed by atoms with Gasteiger partial charge in [-0.25, -0.2) is 14.4 Å². The van der Waals surface area contributed by atoms with Crippen LogP contribution in [0.2, 0.25) is 0 Å². The number of methoxy groups -OCH3 is 1. The van der Waals surface area contributed by atoms with E-state index in [1.165, 1.54) is 54.9 Å². The molecule has 38 heteroatoms. The van der Waals surface area contributed by atoms with E-state index in [4.69, 9.17) is 69.7 Å². The van der Waals surface area contributed by atoms with Gasteiger partial charge in [0, 0.05) is 71.0 Å². The van der Waals surface area contributed by atoms with Crippen LogP contribution in [-0.4, -0.2) is 137 Å². The number of rotatable bonds is 27. The predicted molar refractivity (Wildman–Crippen MR) is 383 cm³/mol. The number of non-ortho nitro benzene ring substituents is 2. The molecule has 10 atom stereocenters. The Labute approximate surface area is 659 Å². The molecular weight excluding hydrogens is 1470 g/mol. The average Bonchev–Trinajstić information content (AvgIpc) is 0.833. The monoisotopic (exact) mass is 1550 g/mol. The number of esters is 1. The van der Waals surface area contributed by atoms with Crippen molar-refractivity contribution in [2.75, 3.05) is 7.11 Å². The number of aliphatic carboxylic acids is 4. The molecule has 0 aliphatic carbocycles. The van der Waals surface area contributed by atoms with Crippen LogP contribution in [0, 0.1) is 35.3 Å². The molecule has 6 aromatic carbocycles. The van der Waals surface area contributed by atoms with Gasteiger partial charge in [-0.1, -0.05) is 156 Å². The van der Waals surface area contributed by atoms with Crippen LogP contribution in [0.1, 0.15) is 155 Å². The number of carboxylic acids is 4. The number of amides is 2. The van der Waals surface area contributed by atoms with Crippen LogP contribution >= 0.6 is 12.4 Å². The number of alkyl carbamates (subject to hydrolysis) is 1. The smallest absolute Gasteiger partial charge is 0.635 e. The van der Waals surface area contributed by atoms with Gasteiger partial charge in [0.2, 0.25) is 0 Å². The molecule has 2 amide bonds. The first-order valence-electron chi connectivity index (χ1n) is 31.5. The zero-order valence-electron chi connectivity index (χ0n) is 59.6. The van der Waals surface area contributed by atoms with Crippen LogP contribution in [-0.2, 0) is 48.8 Å². The van der Waals surface area contributed by atoms with Crippen molar-refractivity contribution in [3.05, 3.63) is 232 Å². The number of nitrogens with one attached hydrogen (secondary N) is 2. The molecule has 0 aromatic heterocycles. The summed E-state index contributed by atoms with van der Waals surface area (Å²) in [4.78, 5) is 122. The Kier molecular flexibility index (Phi) is 50.0. The fraction of sp³-hybridized carbons (Fsp3) is 0.368. The normalized spacial score (nSPS) is 13.1. The number of hydrogen-bond acceptors (Lipinski definition) is 24. The van der Waals surface area contributed by atoms with E-state index in [-0.39, 0.29) is 105 Å². The van der Waals surface area contributed by atoms with Gasteiger partial charge in [0.1, 0.15) is 41.2 Å². The Hall–Kier alpha value is -9.35. The third-order valence-electron chi connectivity index (χ3n) is 15.0. The maximum absolute atomic E-state index is 12.4. The summed E-state index contributed by atoms with van der Waals surface area (Å²) >= 11 is 0. The first-order valence-corrected chi connectivity index (χ1v) is 32.9. The molecule has 0 radical (unpaired) electrons. The van der Waals surface area contributed by atoms with Gasteiger partial charge in [-0.2, -0.15) is 8.42 Å². The molecule has 35 nitrogen and oxygen atoms in total. The maximum atomic E-state index is 12.4. The van der Waals surface area contributed by atoms with Crippen LogP contribution in [0.3, 0.4) is 0 Å². The Morgan fingerprint density at radius 1 is 0.500 bits per heavy atom. The van der Waals surface area contributed by atoms with Gasteiger partial charge in [0.15, 0.2) is 0 Å². The molecule has 14 N–H and O–H groups in total. The molecule has 0 heterocycles. The summed E-state index contributed by atoms with van der Waals surface area (Å²) < 4.78 is 41.6. The minimum atomic E-state index is -4.67.